The first-order valence-corrected chi connectivity index (χ1v) is 14.4. The fourth-order valence-electron chi connectivity index (χ4n) is 5.74. The van der Waals surface area contributed by atoms with E-state index in [9.17, 15) is 0 Å². The van der Waals surface area contributed by atoms with Gasteiger partial charge in [0.2, 0.25) is 11.8 Å². The second kappa shape index (κ2) is 10.6. The van der Waals surface area contributed by atoms with E-state index in [0.717, 1.165) is 50.7 Å². The minimum absolute atomic E-state index is 0.226. The second-order valence-electron chi connectivity index (χ2n) is 11.1. The number of para-hydroxylation sites is 1. The Labute approximate surface area is 249 Å². The molecule has 9 nitrogen and oxygen atoms in total. The number of methoxy groups -OCH3 is 1. The van der Waals surface area contributed by atoms with Crippen LogP contribution in [0.2, 0.25) is 0 Å². The fraction of sp³-hybridized carbons (Fsp3) is 0.235. The van der Waals surface area contributed by atoms with E-state index in [1.165, 1.54) is 0 Å². The van der Waals surface area contributed by atoms with Crippen LogP contribution in [-0.2, 0) is 6.61 Å². The summed E-state index contributed by atoms with van der Waals surface area (Å²) in [6.45, 7) is 8.62. The quantitative estimate of drug-likeness (QED) is 0.205. The number of hydrogen-bond donors (Lipinski definition) is 0. The van der Waals surface area contributed by atoms with Crippen LogP contribution in [0, 0.1) is 13.8 Å². The van der Waals surface area contributed by atoms with Crippen molar-refractivity contribution in [3.8, 4) is 28.9 Å². The summed E-state index contributed by atoms with van der Waals surface area (Å²) in [5, 5.41) is 9.65. The summed E-state index contributed by atoms with van der Waals surface area (Å²) < 4.78 is 21.8. The highest BCUT2D eigenvalue weighted by molar-refractivity contribution is 5.66. The van der Waals surface area contributed by atoms with Crippen LogP contribution in [0.25, 0.3) is 11.3 Å². The first kappa shape index (κ1) is 26.7. The highest BCUT2D eigenvalue weighted by Gasteiger charge is 2.38. The molecule has 7 rings (SSSR count). The van der Waals surface area contributed by atoms with Crippen LogP contribution in [0.15, 0.2) is 79.1 Å². The maximum atomic E-state index is 6.53. The molecule has 1 aliphatic rings. The van der Waals surface area contributed by atoms with Crippen molar-refractivity contribution in [2.75, 3.05) is 7.11 Å². The smallest absolute Gasteiger partial charge is 0.230 e. The van der Waals surface area contributed by atoms with Crippen molar-refractivity contribution in [1.29, 1.82) is 0 Å². The Bertz CT molecular complexity index is 1940. The van der Waals surface area contributed by atoms with Gasteiger partial charge in [-0.3, -0.25) is 0 Å². The zero-order valence-electron chi connectivity index (χ0n) is 24.8. The average molecular weight is 573 g/mol. The summed E-state index contributed by atoms with van der Waals surface area (Å²) in [5.74, 6) is 3.38. The Morgan fingerprint density at radius 2 is 1.72 bits per heavy atom. The van der Waals surface area contributed by atoms with E-state index in [2.05, 4.69) is 51.1 Å². The molecule has 0 saturated heterocycles. The van der Waals surface area contributed by atoms with Gasteiger partial charge in [-0.25, -0.2) is 19.2 Å². The average Bonchev–Trinajstić information content (AvgIpc) is 3.60. The van der Waals surface area contributed by atoms with Crippen LogP contribution < -0.4 is 14.2 Å². The number of ether oxygens (including phenoxy) is 3. The molecular formula is C34H32N6O3. The monoisotopic (exact) mass is 572 g/mol. The van der Waals surface area contributed by atoms with Crippen LogP contribution in [0.5, 0.6) is 23.3 Å². The number of nitrogens with zero attached hydrogens (tertiary/aromatic N) is 6. The van der Waals surface area contributed by atoms with Crippen LogP contribution in [0.3, 0.4) is 0 Å². The molecule has 9 heteroatoms. The van der Waals surface area contributed by atoms with Gasteiger partial charge in [0.05, 0.1) is 35.5 Å². The van der Waals surface area contributed by atoms with Crippen LogP contribution >= 0.6 is 0 Å². The Morgan fingerprint density at radius 3 is 2.47 bits per heavy atom. The van der Waals surface area contributed by atoms with Gasteiger partial charge in [-0.1, -0.05) is 56.3 Å². The van der Waals surface area contributed by atoms with Gasteiger partial charge in [-0.15, -0.1) is 5.10 Å². The zero-order valence-corrected chi connectivity index (χ0v) is 24.8. The fourth-order valence-corrected chi connectivity index (χ4v) is 5.74. The van der Waals surface area contributed by atoms with E-state index in [1.807, 2.05) is 54.1 Å². The Kier molecular flexibility index (Phi) is 6.57. The maximum Gasteiger partial charge on any atom is 0.230 e. The van der Waals surface area contributed by atoms with Crippen molar-refractivity contribution in [3.63, 3.8) is 0 Å². The molecule has 0 radical (unpaired) electrons. The van der Waals surface area contributed by atoms with Crippen LogP contribution in [-0.4, -0.2) is 36.5 Å². The molecule has 1 atom stereocenters. The normalized spacial score (nSPS) is 14.0. The standard InChI is InChI=1S/C34H32N6O3/c1-20(2)26-16-11-21(3)17-27(26)42-18-28-36-32-31-30(23-12-14-25(41-5)15-13-23)29-22(4)37-40(24-9-7-6-8-10-24)34(29)43-33(31)35-19-39(32)38-28/h6-17,19-20,30H,18H2,1-5H3/t30-/m0/s1. The van der Waals surface area contributed by atoms with Gasteiger partial charge in [-0.05, 0) is 66.8 Å². The van der Waals surface area contributed by atoms with Crippen molar-refractivity contribution in [3.05, 3.63) is 118 Å². The zero-order chi connectivity index (χ0) is 29.7. The predicted octanol–water partition coefficient (Wildman–Crippen LogP) is 6.92. The SMILES string of the molecule is COc1ccc([C@H]2c3c(C)nn(-c4ccccc4)c3Oc3ncn4nc(COc5cc(C)ccc5C(C)C)nc4c32)cc1. The van der Waals surface area contributed by atoms with E-state index in [0.29, 0.717) is 29.1 Å². The highest BCUT2D eigenvalue weighted by atomic mass is 16.5. The summed E-state index contributed by atoms with van der Waals surface area (Å²) in [5.41, 5.74) is 7.54. The van der Waals surface area contributed by atoms with Crippen molar-refractivity contribution < 1.29 is 14.2 Å². The van der Waals surface area contributed by atoms with Crippen molar-refractivity contribution in [2.24, 2.45) is 0 Å². The molecule has 0 saturated carbocycles. The molecule has 0 bridgehead atoms. The molecule has 0 N–H and O–H groups in total. The Morgan fingerprint density at radius 1 is 0.930 bits per heavy atom. The van der Waals surface area contributed by atoms with Gasteiger partial charge < -0.3 is 14.2 Å². The van der Waals surface area contributed by atoms with Crippen molar-refractivity contribution in [1.82, 2.24) is 29.4 Å². The lowest BCUT2D eigenvalue weighted by atomic mass is 9.84. The third-order valence-corrected chi connectivity index (χ3v) is 7.86. The lowest BCUT2D eigenvalue weighted by Gasteiger charge is -2.26. The second-order valence-corrected chi connectivity index (χ2v) is 11.1. The number of rotatable bonds is 7. The van der Waals surface area contributed by atoms with Crippen molar-refractivity contribution in [2.45, 2.75) is 46.1 Å². The first-order chi connectivity index (χ1) is 20.9. The van der Waals surface area contributed by atoms with Gasteiger partial charge in [0.1, 0.15) is 24.4 Å². The molecule has 1 aliphatic heterocycles. The summed E-state index contributed by atoms with van der Waals surface area (Å²) in [4.78, 5) is 9.68. The highest BCUT2D eigenvalue weighted by Crippen LogP contribution is 2.49. The summed E-state index contributed by atoms with van der Waals surface area (Å²) in [6, 6.07) is 24.3. The Balaban J connectivity index is 1.35. The lowest BCUT2D eigenvalue weighted by Crippen LogP contribution is -2.16. The van der Waals surface area contributed by atoms with E-state index >= 15 is 0 Å². The predicted molar refractivity (Wildman–Crippen MR) is 163 cm³/mol. The minimum Gasteiger partial charge on any atom is -0.497 e. The number of aryl methyl sites for hydroxylation is 2. The minimum atomic E-state index is -0.249. The maximum absolute atomic E-state index is 6.53. The molecule has 6 aromatic rings. The van der Waals surface area contributed by atoms with Crippen molar-refractivity contribution >= 4 is 5.65 Å². The molecule has 3 aromatic carbocycles. The molecule has 0 unspecified atom stereocenters. The third kappa shape index (κ3) is 4.67. The van der Waals surface area contributed by atoms with Gasteiger partial charge in [0, 0.05) is 0 Å². The third-order valence-electron chi connectivity index (χ3n) is 7.86. The topological polar surface area (TPSA) is 88.6 Å². The molecule has 3 aromatic heterocycles. The molecule has 4 heterocycles. The van der Waals surface area contributed by atoms with E-state index in [-0.39, 0.29) is 12.5 Å². The molecule has 0 fully saturated rings. The van der Waals surface area contributed by atoms with Crippen LogP contribution in [0.4, 0.5) is 0 Å². The summed E-state index contributed by atoms with van der Waals surface area (Å²) >= 11 is 0. The molecule has 43 heavy (non-hydrogen) atoms. The van der Waals surface area contributed by atoms with Gasteiger partial charge in [0.25, 0.3) is 0 Å². The van der Waals surface area contributed by atoms with Crippen LogP contribution in [0.1, 0.15) is 65.0 Å². The molecular weight excluding hydrogens is 540 g/mol. The first-order valence-electron chi connectivity index (χ1n) is 14.4. The van der Waals surface area contributed by atoms with Gasteiger partial charge in [0.15, 0.2) is 11.5 Å². The number of hydrogen-bond acceptors (Lipinski definition) is 7. The number of aromatic nitrogens is 6. The number of fused-ring (bicyclic) bond motifs is 4. The summed E-state index contributed by atoms with van der Waals surface area (Å²) in [7, 11) is 1.67. The molecule has 0 spiro atoms. The molecule has 216 valence electrons. The van der Waals surface area contributed by atoms with E-state index in [1.54, 1.807) is 18.0 Å². The van der Waals surface area contributed by atoms with Gasteiger partial charge >= 0.3 is 0 Å². The lowest BCUT2D eigenvalue weighted by molar-refractivity contribution is 0.291. The van der Waals surface area contributed by atoms with Gasteiger partial charge in [-0.2, -0.15) is 5.10 Å². The molecule has 0 amide bonds. The number of benzene rings is 3. The van der Waals surface area contributed by atoms with E-state index in [4.69, 9.17) is 34.4 Å². The largest absolute Gasteiger partial charge is 0.497 e. The summed E-state index contributed by atoms with van der Waals surface area (Å²) in [6.07, 6.45) is 1.64. The molecule has 0 aliphatic carbocycles. The Hall–Kier alpha value is -5.18. The van der Waals surface area contributed by atoms with E-state index < -0.39 is 0 Å².